The van der Waals surface area contributed by atoms with Gasteiger partial charge < -0.3 is 15.3 Å². The molecule has 0 saturated carbocycles. The highest BCUT2D eigenvalue weighted by atomic mass is 16.3. The van der Waals surface area contributed by atoms with E-state index in [-0.39, 0.29) is 12.1 Å². The molecule has 2 N–H and O–H groups in total. The van der Waals surface area contributed by atoms with E-state index in [4.69, 9.17) is 0 Å². The number of aliphatic hydroxyl groups excluding tert-OH is 1. The Kier molecular flexibility index (Phi) is 7.76. The summed E-state index contributed by atoms with van der Waals surface area (Å²) >= 11 is 0. The predicted molar refractivity (Wildman–Crippen MR) is 92.1 cm³/mol. The average Bonchev–Trinajstić information content (AvgIpc) is 2.50. The van der Waals surface area contributed by atoms with Gasteiger partial charge in [-0.1, -0.05) is 24.6 Å². The number of rotatable bonds is 10. The molecule has 0 amide bonds. The molecule has 1 atom stereocenters. The molecule has 0 fully saturated rings. The van der Waals surface area contributed by atoms with Crippen molar-refractivity contribution < 1.29 is 5.11 Å². The Balaban J connectivity index is 2.30. The first-order chi connectivity index (χ1) is 10.0. The van der Waals surface area contributed by atoms with Gasteiger partial charge >= 0.3 is 0 Å². The highest BCUT2D eigenvalue weighted by molar-refractivity contribution is 5.46. The first-order valence-electron chi connectivity index (χ1n) is 8.14. The summed E-state index contributed by atoms with van der Waals surface area (Å²) < 4.78 is 0. The van der Waals surface area contributed by atoms with Gasteiger partial charge in [-0.15, -0.1) is 0 Å². The molecule has 1 aromatic carbocycles. The summed E-state index contributed by atoms with van der Waals surface area (Å²) in [4.78, 5) is 2.30. The van der Waals surface area contributed by atoms with Crippen LogP contribution in [0.15, 0.2) is 24.3 Å². The van der Waals surface area contributed by atoms with E-state index in [1.165, 1.54) is 11.3 Å². The lowest BCUT2D eigenvalue weighted by atomic mass is 9.95. The SMILES string of the molecule is CCCNC(C)(CO)CCCCN(C)c1ccc(C)cc1. The molecule has 0 aliphatic rings. The number of hydrogen-bond donors (Lipinski definition) is 2. The molecule has 0 aliphatic heterocycles. The number of unbranched alkanes of at least 4 members (excludes halogenated alkanes) is 1. The lowest BCUT2D eigenvalue weighted by Gasteiger charge is -2.29. The van der Waals surface area contributed by atoms with Crippen LogP contribution in [0.4, 0.5) is 5.69 Å². The van der Waals surface area contributed by atoms with Crippen molar-refractivity contribution in [3.8, 4) is 0 Å². The van der Waals surface area contributed by atoms with E-state index in [1.807, 2.05) is 0 Å². The lowest BCUT2D eigenvalue weighted by Crippen LogP contribution is -2.46. The second-order valence-electron chi connectivity index (χ2n) is 6.36. The molecule has 1 aromatic rings. The van der Waals surface area contributed by atoms with Crippen LogP contribution < -0.4 is 10.2 Å². The van der Waals surface area contributed by atoms with Crippen LogP contribution in [0.1, 0.15) is 45.1 Å². The maximum absolute atomic E-state index is 9.55. The standard InChI is InChI=1S/C18H32N2O/c1-5-13-19-18(3,15-21)12-6-7-14-20(4)17-10-8-16(2)9-11-17/h8-11,19,21H,5-7,12-15H2,1-4H3. The molecule has 3 heteroatoms. The molecule has 0 aromatic heterocycles. The molecule has 1 rings (SSSR count). The van der Waals surface area contributed by atoms with Crippen LogP contribution >= 0.6 is 0 Å². The molecule has 0 heterocycles. The van der Waals surface area contributed by atoms with Gasteiger partial charge in [0.05, 0.1) is 6.61 Å². The van der Waals surface area contributed by atoms with Crippen molar-refractivity contribution in [3.05, 3.63) is 29.8 Å². The van der Waals surface area contributed by atoms with Gasteiger partial charge in [-0.05, 0) is 58.2 Å². The lowest BCUT2D eigenvalue weighted by molar-refractivity contribution is 0.163. The third kappa shape index (κ3) is 6.49. The number of aliphatic hydroxyl groups is 1. The minimum atomic E-state index is -0.127. The van der Waals surface area contributed by atoms with Crippen LogP contribution in [0.5, 0.6) is 0 Å². The van der Waals surface area contributed by atoms with E-state index in [0.29, 0.717) is 0 Å². The van der Waals surface area contributed by atoms with Crippen molar-refractivity contribution in [1.82, 2.24) is 5.32 Å². The monoisotopic (exact) mass is 292 g/mol. The molecule has 0 saturated heterocycles. The fraction of sp³-hybridized carbons (Fsp3) is 0.667. The normalized spacial score (nSPS) is 14.0. The topological polar surface area (TPSA) is 35.5 Å². The van der Waals surface area contributed by atoms with E-state index >= 15 is 0 Å². The van der Waals surface area contributed by atoms with Crippen molar-refractivity contribution in [2.75, 3.05) is 31.6 Å². The molecule has 21 heavy (non-hydrogen) atoms. The maximum Gasteiger partial charge on any atom is 0.0610 e. The number of hydrogen-bond acceptors (Lipinski definition) is 3. The van der Waals surface area contributed by atoms with Crippen molar-refractivity contribution >= 4 is 5.69 Å². The zero-order valence-electron chi connectivity index (χ0n) is 14.2. The van der Waals surface area contributed by atoms with Gasteiger partial charge in [0.2, 0.25) is 0 Å². The average molecular weight is 292 g/mol. The Morgan fingerprint density at radius 2 is 1.86 bits per heavy atom. The molecular weight excluding hydrogens is 260 g/mol. The van der Waals surface area contributed by atoms with Crippen molar-refractivity contribution in [3.63, 3.8) is 0 Å². The quantitative estimate of drug-likeness (QED) is 0.649. The van der Waals surface area contributed by atoms with Crippen LogP contribution in [-0.4, -0.2) is 37.4 Å². The van der Waals surface area contributed by atoms with Crippen molar-refractivity contribution in [2.24, 2.45) is 0 Å². The molecular formula is C18H32N2O. The van der Waals surface area contributed by atoms with Crippen LogP contribution in [0, 0.1) is 6.92 Å². The second-order valence-corrected chi connectivity index (χ2v) is 6.36. The highest BCUT2D eigenvalue weighted by Crippen LogP contribution is 2.16. The Labute approximate surface area is 130 Å². The van der Waals surface area contributed by atoms with Gasteiger partial charge in [-0.2, -0.15) is 0 Å². The Morgan fingerprint density at radius 3 is 2.43 bits per heavy atom. The molecule has 0 aliphatic carbocycles. The zero-order chi connectivity index (χ0) is 15.7. The Morgan fingerprint density at radius 1 is 1.19 bits per heavy atom. The minimum absolute atomic E-state index is 0.127. The van der Waals surface area contributed by atoms with Crippen LogP contribution in [0.3, 0.4) is 0 Å². The van der Waals surface area contributed by atoms with Crippen LogP contribution in [-0.2, 0) is 0 Å². The third-order valence-corrected chi connectivity index (χ3v) is 4.10. The first-order valence-corrected chi connectivity index (χ1v) is 8.14. The third-order valence-electron chi connectivity index (χ3n) is 4.10. The zero-order valence-corrected chi connectivity index (χ0v) is 14.2. The summed E-state index contributed by atoms with van der Waals surface area (Å²) in [7, 11) is 2.14. The Hall–Kier alpha value is -1.06. The van der Waals surface area contributed by atoms with Crippen LogP contribution in [0.25, 0.3) is 0 Å². The summed E-state index contributed by atoms with van der Waals surface area (Å²) in [6, 6.07) is 8.67. The molecule has 1 unspecified atom stereocenters. The fourth-order valence-electron chi connectivity index (χ4n) is 2.44. The number of anilines is 1. The fourth-order valence-corrected chi connectivity index (χ4v) is 2.44. The van der Waals surface area contributed by atoms with Gasteiger partial charge in [0.1, 0.15) is 0 Å². The van der Waals surface area contributed by atoms with Crippen molar-refractivity contribution in [2.45, 2.75) is 52.0 Å². The maximum atomic E-state index is 9.55. The van der Waals surface area contributed by atoms with E-state index in [2.05, 4.69) is 62.3 Å². The van der Waals surface area contributed by atoms with Gasteiger partial charge in [0.25, 0.3) is 0 Å². The largest absolute Gasteiger partial charge is 0.394 e. The van der Waals surface area contributed by atoms with Gasteiger partial charge in [-0.3, -0.25) is 0 Å². The number of nitrogens with zero attached hydrogens (tertiary/aromatic N) is 1. The number of aryl methyl sites for hydroxylation is 1. The number of nitrogens with one attached hydrogen (secondary N) is 1. The highest BCUT2D eigenvalue weighted by Gasteiger charge is 2.21. The van der Waals surface area contributed by atoms with E-state index in [9.17, 15) is 5.11 Å². The van der Waals surface area contributed by atoms with E-state index < -0.39 is 0 Å². The minimum Gasteiger partial charge on any atom is -0.394 e. The summed E-state index contributed by atoms with van der Waals surface area (Å²) in [6.45, 7) is 8.62. The molecule has 3 nitrogen and oxygen atoms in total. The molecule has 0 radical (unpaired) electrons. The van der Waals surface area contributed by atoms with E-state index in [1.54, 1.807) is 0 Å². The van der Waals surface area contributed by atoms with Gasteiger partial charge in [0, 0.05) is 24.8 Å². The van der Waals surface area contributed by atoms with Gasteiger partial charge in [0.15, 0.2) is 0 Å². The molecule has 120 valence electrons. The second kappa shape index (κ2) is 9.06. The summed E-state index contributed by atoms with van der Waals surface area (Å²) in [5, 5.41) is 13.0. The smallest absolute Gasteiger partial charge is 0.0610 e. The predicted octanol–water partition coefficient (Wildman–Crippen LogP) is 3.35. The van der Waals surface area contributed by atoms with Crippen molar-refractivity contribution in [1.29, 1.82) is 0 Å². The van der Waals surface area contributed by atoms with Gasteiger partial charge in [-0.25, -0.2) is 0 Å². The molecule has 0 bridgehead atoms. The Bertz CT molecular complexity index is 391. The first kappa shape index (κ1) is 18.0. The number of benzene rings is 1. The summed E-state index contributed by atoms with van der Waals surface area (Å²) in [5.41, 5.74) is 2.45. The molecule has 0 spiro atoms. The van der Waals surface area contributed by atoms with E-state index in [0.717, 1.165) is 38.8 Å². The summed E-state index contributed by atoms with van der Waals surface area (Å²) in [5.74, 6) is 0. The van der Waals surface area contributed by atoms with Crippen LogP contribution in [0.2, 0.25) is 0 Å². The summed E-state index contributed by atoms with van der Waals surface area (Å²) in [6.07, 6.45) is 4.40.